The minimum Gasteiger partial charge on any atom is -0.392 e. The van der Waals surface area contributed by atoms with E-state index in [4.69, 9.17) is 9.97 Å². The highest BCUT2D eigenvalue weighted by atomic mass is 19.4. The van der Waals surface area contributed by atoms with Crippen LogP contribution < -0.4 is 37.5 Å². The van der Waals surface area contributed by atoms with Gasteiger partial charge in [0, 0.05) is 93.6 Å². The molecule has 24 heteroatoms. The molecular formula is C106H109F9N13O2+5. The van der Waals surface area contributed by atoms with E-state index in [1.165, 1.54) is 93.0 Å². The average Bonchev–Trinajstić information content (AvgIpc) is 0.746. The van der Waals surface area contributed by atoms with Crippen molar-refractivity contribution in [2.75, 3.05) is 57.0 Å². The van der Waals surface area contributed by atoms with Gasteiger partial charge >= 0.3 is 18.5 Å². The molecule has 0 unspecified atom stereocenters. The predicted octanol–water partition coefficient (Wildman–Crippen LogP) is 21.9. The van der Waals surface area contributed by atoms with Gasteiger partial charge in [-0.25, -0.2) is 23.7 Å². The quantitative estimate of drug-likeness (QED) is 0.101. The minimum atomic E-state index is -4.49. The summed E-state index contributed by atoms with van der Waals surface area (Å²) in [6.07, 6.45) is -9.09. The molecule has 0 atom stereocenters. The van der Waals surface area contributed by atoms with E-state index in [1.807, 2.05) is 139 Å². The van der Waals surface area contributed by atoms with Crippen molar-refractivity contribution < 1.29 is 72.6 Å². The predicted molar refractivity (Wildman–Crippen MR) is 503 cm³/mol. The molecular weight excluding hydrogens is 1660 g/mol. The number of aromatic nitrogens is 10. The Bertz CT molecular complexity index is 7310. The number of aliphatic hydroxyl groups excluding tert-OH is 2. The number of benzene rings is 12. The largest absolute Gasteiger partial charge is 0.420 e. The maximum atomic E-state index is 13.6. The second kappa shape index (κ2) is 37.3. The Hall–Kier alpha value is -13.5. The number of nitrogens with zero attached hydrogens (tertiary/aromatic N) is 13. The monoisotopic (exact) mass is 1770 g/mol. The normalized spacial score (nSPS) is 11.7. The molecule has 2 N–H and O–H groups in total. The molecule has 0 bridgehead atoms. The summed E-state index contributed by atoms with van der Waals surface area (Å²) in [7, 11) is 21.6. The molecule has 668 valence electrons. The van der Waals surface area contributed by atoms with Gasteiger partial charge in [-0.1, -0.05) is 97.1 Å². The van der Waals surface area contributed by atoms with Gasteiger partial charge in [0.2, 0.25) is 22.4 Å². The number of hydrogen-bond acceptors (Lipinski definition) is 10. The van der Waals surface area contributed by atoms with Gasteiger partial charge in [-0.15, -0.1) is 0 Å². The van der Waals surface area contributed by atoms with Gasteiger partial charge in [0.1, 0.15) is 70.3 Å². The SMILES string of the molecule is Cc1c(-c2c3cccc(C(F)(F)F)c3nc[n+]2C)cc(CO)c2ccccc12.Cc1c(-c2c3cccc(C(F)(F)F)c3nc[n+]2C)cc(N(C)C)c2ccccc12.Cc1cc(CO)cc(-c2c(C)nc3c(C)cccc3[n+]2C)c1C.Cc1cc(N(C)C)cc(-c2c(C)nc3c(C)cccc3[n+]2C)c1C.Cc1cc(N(C)C)cc(-c2c3cccc(C(F)(F)F)c3nc[n+]2C)c1C. The molecule has 0 aliphatic carbocycles. The van der Waals surface area contributed by atoms with Crippen molar-refractivity contribution in [2.24, 2.45) is 35.2 Å². The van der Waals surface area contributed by atoms with E-state index in [-0.39, 0.29) is 29.8 Å². The van der Waals surface area contributed by atoms with Crippen molar-refractivity contribution in [3.05, 3.63) is 302 Å². The number of hydrogen-bond donors (Lipinski definition) is 2. The van der Waals surface area contributed by atoms with E-state index >= 15 is 0 Å². The van der Waals surface area contributed by atoms with Crippen LogP contribution in [0.1, 0.15) is 94.8 Å². The first kappa shape index (κ1) is 94.2. The van der Waals surface area contributed by atoms with Crippen molar-refractivity contribution >= 4 is 93.4 Å². The van der Waals surface area contributed by atoms with E-state index in [0.29, 0.717) is 27.5 Å². The lowest BCUT2D eigenvalue weighted by molar-refractivity contribution is -0.662. The van der Waals surface area contributed by atoms with Crippen LogP contribution in [-0.4, -0.2) is 77.4 Å². The molecule has 0 spiro atoms. The zero-order valence-corrected chi connectivity index (χ0v) is 77.7. The average molecular weight is 1770 g/mol. The highest BCUT2D eigenvalue weighted by molar-refractivity contribution is 6.04. The van der Waals surface area contributed by atoms with E-state index in [9.17, 15) is 49.7 Å². The van der Waals surface area contributed by atoms with Crippen LogP contribution in [0.5, 0.6) is 0 Å². The lowest BCUT2D eigenvalue weighted by Gasteiger charge is -2.20. The minimum absolute atomic E-state index is 0.0274. The standard InChI is InChI=1S/C23H21F3N3.C22H18F3N2O.C21H26N3.C20H21F3N3.C20H23N2O/c1-14-15-8-5-6-9-16(15)20(28(2)3)12-18(14)22-17-10-7-11-19(23(24,25)26)21(17)27-13-29(22)4;1-13-15-6-3-4-7-16(15)14(11-28)10-18(13)21-17-8-5-9-19(22(23,24)25)20(17)26-12-27(21)2;1-13-9-8-10-19-20(13)22-16(4)21(24(19)7)18-12-17(23(5)6)11-14(2)15(18)3;1-12-9-14(25(3)4)10-16(13(12)2)19-15-7-6-8-17(20(21,22)23)18(15)24-11-26(19)5;1-12-7-6-8-18-19(12)21-15(4)20(22(18)5)17-10-16(11-23)9-13(2)14(17)3/h5-13H,1-4H3;3-10,12,28H,11H2,1-2H3;8-12H,1-7H3;6-11H,1-5H3;6-10,23H,11H2,1-5H3/q5*+1. The Morgan fingerprint density at radius 3 is 0.985 bits per heavy atom. The fraction of sp³-hybridized carbons (Fsp3) is 0.264. The number of aliphatic hydroxyl groups is 2. The van der Waals surface area contributed by atoms with E-state index in [1.54, 1.807) is 46.0 Å². The number of rotatable bonds is 10. The molecule has 17 aromatic rings. The molecule has 0 aliphatic heterocycles. The van der Waals surface area contributed by atoms with Crippen molar-refractivity contribution in [1.29, 1.82) is 0 Å². The van der Waals surface area contributed by atoms with Crippen LogP contribution in [0.4, 0.5) is 56.6 Å². The molecule has 0 saturated carbocycles. The maximum Gasteiger partial charge on any atom is 0.420 e. The third-order valence-electron chi connectivity index (χ3n) is 24.9. The lowest BCUT2D eigenvalue weighted by Crippen LogP contribution is -2.34. The van der Waals surface area contributed by atoms with Gasteiger partial charge in [-0.3, -0.25) is 0 Å². The number of aryl methyl sites for hydroxylation is 14. The topological polar surface area (TPSA) is 134 Å². The highest BCUT2D eigenvalue weighted by Crippen LogP contribution is 2.44. The Kier molecular flexibility index (Phi) is 27.0. The molecule has 0 aliphatic rings. The van der Waals surface area contributed by atoms with E-state index in [2.05, 4.69) is 179 Å². The fourth-order valence-electron chi connectivity index (χ4n) is 17.6. The summed E-state index contributed by atoms with van der Waals surface area (Å²) in [5.41, 5.74) is 29.9. The Labute approximate surface area is 752 Å². The van der Waals surface area contributed by atoms with Crippen LogP contribution in [0.3, 0.4) is 0 Å². The molecule has 5 aromatic heterocycles. The van der Waals surface area contributed by atoms with Crippen LogP contribution in [-0.2, 0) is 67.0 Å². The molecule has 5 heterocycles. The summed E-state index contributed by atoms with van der Waals surface area (Å²) in [6.45, 7) is 24.8. The molecule has 0 saturated heterocycles. The number of anilines is 3. The first-order valence-corrected chi connectivity index (χ1v) is 42.6. The zero-order chi connectivity index (χ0) is 94.5. The second-order valence-corrected chi connectivity index (χ2v) is 34.1. The van der Waals surface area contributed by atoms with Gasteiger partial charge in [0.25, 0.3) is 19.0 Å². The van der Waals surface area contributed by atoms with Gasteiger partial charge in [-0.2, -0.15) is 48.6 Å². The summed E-state index contributed by atoms with van der Waals surface area (Å²) < 4.78 is 131. The molecule has 0 amide bonds. The number of alkyl halides is 9. The van der Waals surface area contributed by atoms with Gasteiger partial charge in [0.15, 0.2) is 16.6 Å². The molecule has 12 aromatic carbocycles. The Morgan fingerprint density at radius 1 is 0.300 bits per heavy atom. The van der Waals surface area contributed by atoms with Crippen LogP contribution in [0, 0.1) is 83.1 Å². The maximum absolute atomic E-state index is 13.6. The third-order valence-corrected chi connectivity index (χ3v) is 24.9. The molecule has 130 heavy (non-hydrogen) atoms. The van der Waals surface area contributed by atoms with Gasteiger partial charge < -0.3 is 24.9 Å². The lowest BCUT2D eigenvalue weighted by atomic mass is 9.92. The highest BCUT2D eigenvalue weighted by Gasteiger charge is 2.40. The van der Waals surface area contributed by atoms with Crippen LogP contribution in [0.15, 0.2) is 207 Å². The van der Waals surface area contributed by atoms with Crippen molar-refractivity contribution in [2.45, 2.75) is 115 Å². The van der Waals surface area contributed by atoms with E-state index in [0.717, 1.165) is 146 Å². The summed E-state index contributed by atoms with van der Waals surface area (Å²) in [5, 5.41) is 24.9. The first-order chi connectivity index (χ1) is 61.4. The Morgan fingerprint density at radius 2 is 0.623 bits per heavy atom. The summed E-state index contributed by atoms with van der Waals surface area (Å²) in [6, 6.07) is 57.6. The zero-order valence-electron chi connectivity index (χ0n) is 77.7. The summed E-state index contributed by atoms with van der Waals surface area (Å²) >= 11 is 0. The fourth-order valence-corrected chi connectivity index (χ4v) is 17.6. The number of para-hydroxylation sites is 5. The molecule has 17 rings (SSSR count). The smallest absolute Gasteiger partial charge is 0.392 e. The number of halogens is 9. The first-order valence-electron chi connectivity index (χ1n) is 42.6. The van der Waals surface area contributed by atoms with Gasteiger partial charge in [0.05, 0.1) is 61.6 Å². The van der Waals surface area contributed by atoms with Crippen LogP contribution in [0.25, 0.3) is 133 Å². The summed E-state index contributed by atoms with van der Waals surface area (Å²) in [5.74, 6) is 0. The van der Waals surface area contributed by atoms with Crippen molar-refractivity contribution in [3.8, 4) is 56.3 Å². The second-order valence-electron chi connectivity index (χ2n) is 34.1. The molecule has 0 fully saturated rings. The Balaban J connectivity index is 0.000000139. The summed E-state index contributed by atoms with van der Waals surface area (Å²) in [4.78, 5) is 28.2. The van der Waals surface area contributed by atoms with Crippen LogP contribution in [0.2, 0.25) is 0 Å². The third kappa shape index (κ3) is 18.4. The van der Waals surface area contributed by atoms with Crippen molar-refractivity contribution in [3.63, 3.8) is 0 Å². The van der Waals surface area contributed by atoms with Gasteiger partial charge in [-0.05, 0) is 260 Å². The van der Waals surface area contributed by atoms with Crippen molar-refractivity contribution in [1.82, 2.24) is 24.9 Å². The molecule has 15 nitrogen and oxygen atoms in total. The van der Waals surface area contributed by atoms with Crippen LogP contribution >= 0.6 is 0 Å². The van der Waals surface area contributed by atoms with E-state index < -0.39 is 35.2 Å². The number of fused-ring (bicyclic) bond motifs is 7. The molecule has 0 radical (unpaired) electrons.